The minimum Gasteiger partial charge on any atom is -0.593 e. The van der Waals surface area contributed by atoms with Crippen molar-refractivity contribution in [3.8, 4) is 17.2 Å². The standard InChI is InChI=1S/C22H28N6O5S/c1-13-10-23-20(24-11-13)19(29)14(2)34(30)27-22-26-25-21(15-8-9-33-12-15)28(22)18-16(31-3)6-5-7-17(18)32-4/h5-7,10-11,14-15,19,29H,8-9,12H2,1-4H3,(H,26,27). The molecule has 34 heavy (non-hydrogen) atoms. The van der Waals surface area contributed by atoms with Crippen molar-refractivity contribution in [2.24, 2.45) is 0 Å². The van der Waals surface area contributed by atoms with E-state index >= 15 is 0 Å². The van der Waals surface area contributed by atoms with Crippen LogP contribution in [0, 0.1) is 6.92 Å². The van der Waals surface area contributed by atoms with Crippen LogP contribution in [0.4, 0.5) is 5.95 Å². The Balaban J connectivity index is 1.69. The van der Waals surface area contributed by atoms with Crippen molar-refractivity contribution in [2.75, 3.05) is 32.2 Å². The van der Waals surface area contributed by atoms with E-state index in [1.54, 1.807) is 50.2 Å². The summed E-state index contributed by atoms with van der Waals surface area (Å²) >= 11 is -1.76. The molecule has 3 aromatic rings. The Hall–Kier alpha value is -2.93. The molecule has 0 radical (unpaired) electrons. The van der Waals surface area contributed by atoms with E-state index in [0.29, 0.717) is 36.2 Å². The first-order valence-corrected chi connectivity index (χ1v) is 12.0. The molecule has 4 atom stereocenters. The number of hydrogen-bond acceptors (Lipinski definition) is 10. The number of aromatic nitrogens is 5. The molecule has 0 aliphatic carbocycles. The van der Waals surface area contributed by atoms with Gasteiger partial charge < -0.3 is 23.9 Å². The molecular formula is C22H28N6O5S. The van der Waals surface area contributed by atoms with Crippen LogP contribution in [0.1, 0.15) is 42.6 Å². The summed E-state index contributed by atoms with van der Waals surface area (Å²) in [4.78, 5) is 8.30. The molecule has 2 N–H and O–H groups in total. The number of para-hydroxylation sites is 1. The summed E-state index contributed by atoms with van der Waals surface area (Å²) in [5.74, 6) is 2.13. The van der Waals surface area contributed by atoms with Gasteiger partial charge in [0.25, 0.3) is 5.95 Å². The molecule has 0 amide bonds. The van der Waals surface area contributed by atoms with E-state index in [0.717, 1.165) is 12.0 Å². The monoisotopic (exact) mass is 488 g/mol. The third kappa shape index (κ3) is 4.80. The molecule has 1 aliphatic heterocycles. The van der Waals surface area contributed by atoms with Crippen LogP contribution in [0.3, 0.4) is 0 Å². The molecule has 4 rings (SSSR count). The summed E-state index contributed by atoms with van der Waals surface area (Å²) in [5, 5.41) is 18.6. The second-order valence-corrected chi connectivity index (χ2v) is 9.50. The van der Waals surface area contributed by atoms with Crippen LogP contribution >= 0.6 is 0 Å². The van der Waals surface area contributed by atoms with Gasteiger partial charge in [0.1, 0.15) is 23.0 Å². The fourth-order valence-electron chi connectivity index (χ4n) is 3.70. The van der Waals surface area contributed by atoms with Gasteiger partial charge in [0.05, 0.1) is 32.2 Å². The third-order valence-electron chi connectivity index (χ3n) is 5.65. The lowest BCUT2D eigenvalue weighted by atomic mass is 10.1. The summed E-state index contributed by atoms with van der Waals surface area (Å²) in [6, 6.07) is 5.42. The maximum atomic E-state index is 13.2. The van der Waals surface area contributed by atoms with Crippen molar-refractivity contribution < 1.29 is 23.9 Å². The maximum absolute atomic E-state index is 13.2. The van der Waals surface area contributed by atoms with Crippen molar-refractivity contribution >= 4 is 17.3 Å². The Kier molecular flexibility index (Phi) is 7.51. The molecule has 11 nitrogen and oxygen atoms in total. The summed E-state index contributed by atoms with van der Waals surface area (Å²) in [7, 11) is 3.12. The SMILES string of the molecule is COc1cccc(OC)c1-n1c(N[S+]([O-])C(C)C(O)c2ncc(C)cn2)nnc1C1CCOC1. The first-order chi connectivity index (χ1) is 16.4. The predicted molar refractivity (Wildman–Crippen MR) is 126 cm³/mol. The van der Waals surface area contributed by atoms with E-state index in [1.165, 1.54) is 0 Å². The predicted octanol–water partition coefficient (Wildman–Crippen LogP) is 2.08. The lowest BCUT2D eigenvalue weighted by molar-refractivity contribution is 0.166. The zero-order chi connectivity index (χ0) is 24.2. The molecular weight excluding hydrogens is 460 g/mol. The molecule has 1 fully saturated rings. The first-order valence-electron chi connectivity index (χ1n) is 10.8. The number of aliphatic hydroxyl groups excluding tert-OH is 1. The second kappa shape index (κ2) is 10.6. The van der Waals surface area contributed by atoms with Gasteiger partial charge in [-0.15, -0.1) is 10.2 Å². The van der Waals surface area contributed by atoms with E-state index in [2.05, 4.69) is 24.9 Å². The lowest BCUT2D eigenvalue weighted by Gasteiger charge is -2.23. The number of methoxy groups -OCH3 is 2. The highest BCUT2D eigenvalue weighted by atomic mass is 32.2. The molecule has 2 aromatic heterocycles. The van der Waals surface area contributed by atoms with E-state index in [-0.39, 0.29) is 17.7 Å². The number of ether oxygens (including phenoxy) is 3. The highest BCUT2D eigenvalue weighted by Crippen LogP contribution is 2.38. The smallest absolute Gasteiger partial charge is 0.271 e. The zero-order valence-electron chi connectivity index (χ0n) is 19.5. The van der Waals surface area contributed by atoms with Gasteiger partial charge in [-0.25, -0.2) is 9.97 Å². The van der Waals surface area contributed by atoms with Crippen molar-refractivity contribution in [3.63, 3.8) is 0 Å². The van der Waals surface area contributed by atoms with Crippen LogP contribution < -0.4 is 14.2 Å². The summed E-state index contributed by atoms with van der Waals surface area (Å²) in [5.41, 5.74) is 1.44. The number of aryl methyl sites for hydroxylation is 1. The second-order valence-electron chi connectivity index (χ2n) is 7.96. The molecule has 1 saturated heterocycles. The Morgan fingerprint density at radius 3 is 2.47 bits per heavy atom. The van der Waals surface area contributed by atoms with Crippen molar-refractivity contribution in [2.45, 2.75) is 37.5 Å². The molecule has 4 unspecified atom stereocenters. The van der Waals surface area contributed by atoms with E-state index in [4.69, 9.17) is 14.2 Å². The number of benzene rings is 1. The maximum Gasteiger partial charge on any atom is 0.271 e. The van der Waals surface area contributed by atoms with Gasteiger partial charge in [-0.2, -0.15) is 4.72 Å². The van der Waals surface area contributed by atoms with Crippen LogP contribution in [-0.2, 0) is 16.1 Å². The zero-order valence-corrected chi connectivity index (χ0v) is 20.3. The molecule has 182 valence electrons. The molecule has 0 spiro atoms. The van der Waals surface area contributed by atoms with Gasteiger partial charge in [0.15, 0.2) is 17.2 Å². The van der Waals surface area contributed by atoms with Crippen LogP contribution in [-0.4, -0.2) is 67.1 Å². The highest BCUT2D eigenvalue weighted by molar-refractivity contribution is 7.93. The van der Waals surface area contributed by atoms with Gasteiger partial charge in [0, 0.05) is 24.9 Å². The molecule has 3 heterocycles. The lowest BCUT2D eigenvalue weighted by Crippen LogP contribution is -2.32. The Morgan fingerprint density at radius 1 is 1.21 bits per heavy atom. The minimum absolute atomic E-state index is 0.00456. The van der Waals surface area contributed by atoms with Crippen LogP contribution in [0.2, 0.25) is 0 Å². The summed E-state index contributed by atoms with van der Waals surface area (Å²) in [6.07, 6.45) is 2.84. The Morgan fingerprint density at radius 2 is 1.88 bits per heavy atom. The topological polar surface area (TPSA) is 140 Å². The molecule has 12 heteroatoms. The van der Waals surface area contributed by atoms with E-state index in [9.17, 15) is 9.66 Å². The quantitative estimate of drug-likeness (QED) is 0.430. The molecule has 1 aromatic carbocycles. The first kappa shape index (κ1) is 24.2. The number of hydrogen-bond donors (Lipinski definition) is 2. The molecule has 0 saturated carbocycles. The number of rotatable bonds is 9. The summed E-state index contributed by atoms with van der Waals surface area (Å²) in [6.45, 7) is 4.62. The van der Waals surface area contributed by atoms with Crippen molar-refractivity contribution in [1.82, 2.24) is 24.7 Å². The van der Waals surface area contributed by atoms with Crippen LogP contribution in [0.5, 0.6) is 11.5 Å². The number of aliphatic hydroxyl groups is 1. The fourth-order valence-corrected chi connectivity index (χ4v) is 4.56. The summed E-state index contributed by atoms with van der Waals surface area (Å²) < 4.78 is 34.6. The fraction of sp³-hybridized carbons (Fsp3) is 0.455. The van der Waals surface area contributed by atoms with Gasteiger partial charge in [-0.05, 0) is 38.0 Å². The van der Waals surface area contributed by atoms with Gasteiger partial charge in [0.2, 0.25) is 0 Å². The Labute approximate surface area is 200 Å². The average Bonchev–Trinajstić information content (AvgIpc) is 3.53. The van der Waals surface area contributed by atoms with Crippen molar-refractivity contribution in [3.05, 3.63) is 47.8 Å². The van der Waals surface area contributed by atoms with E-state index < -0.39 is 22.7 Å². The van der Waals surface area contributed by atoms with Gasteiger partial charge in [-0.1, -0.05) is 6.07 Å². The van der Waals surface area contributed by atoms with Crippen molar-refractivity contribution in [1.29, 1.82) is 0 Å². The Bertz CT molecular complexity index is 1080. The van der Waals surface area contributed by atoms with Crippen LogP contribution in [0.15, 0.2) is 30.6 Å². The van der Waals surface area contributed by atoms with Gasteiger partial charge in [-0.3, -0.25) is 4.57 Å². The average molecular weight is 489 g/mol. The highest BCUT2D eigenvalue weighted by Gasteiger charge is 2.34. The number of anilines is 1. The van der Waals surface area contributed by atoms with Gasteiger partial charge >= 0.3 is 0 Å². The van der Waals surface area contributed by atoms with Crippen LogP contribution in [0.25, 0.3) is 5.69 Å². The third-order valence-corrected chi connectivity index (χ3v) is 6.96. The van der Waals surface area contributed by atoms with E-state index in [1.807, 2.05) is 13.0 Å². The number of nitrogens with one attached hydrogen (secondary N) is 1. The number of nitrogens with zero attached hydrogens (tertiary/aromatic N) is 5. The largest absolute Gasteiger partial charge is 0.593 e. The minimum atomic E-state index is -1.76. The molecule has 0 bridgehead atoms. The normalized spacial score (nSPS) is 18.4. The molecule has 1 aliphatic rings.